The highest BCUT2D eigenvalue weighted by molar-refractivity contribution is 7.89. The molecule has 0 aromatic carbocycles. The molecule has 5 nitrogen and oxygen atoms in total. The SMILES string of the molecule is CC1C(C(=O)O)CCN1S(=O)(=O)C(F)F. The van der Waals surface area contributed by atoms with E-state index < -0.39 is 33.7 Å². The van der Waals surface area contributed by atoms with Gasteiger partial charge in [0.15, 0.2) is 0 Å². The van der Waals surface area contributed by atoms with Crippen molar-refractivity contribution in [1.82, 2.24) is 4.31 Å². The average Bonchev–Trinajstić information content (AvgIpc) is 2.46. The van der Waals surface area contributed by atoms with Crippen LogP contribution in [0.4, 0.5) is 8.78 Å². The minimum Gasteiger partial charge on any atom is -0.481 e. The molecule has 1 heterocycles. The van der Waals surface area contributed by atoms with Gasteiger partial charge in [0.1, 0.15) is 0 Å². The zero-order valence-corrected chi connectivity index (χ0v) is 8.75. The highest BCUT2D eigenvalue weighted by Gasteiger charge is 2.44. The van der Waals surface area contributed by atoms with Gasteiger partial charge in [0.25, 0.3) is 10.0 Å². The summed E-state index contributed by atoms with van der Waals surface area (Å²) in [4.78, 5) is 10.6. The lowest BCUT2D eigenvalue weighted by Gasteiger charge is -2.21. The topological polar surface area (TPSA) is 74.7 Å². The van der Waals surface area contributed by atoms with Crippen LogP contribution >= 0.6 is 0 Å². The molecule has 0 aromatic heterocycles. The van der Waals surface area contributed by atoms with Crippen LogP contribution < -0.4 is 0 Å². The largest absolute Gasteiger partial charge is 0.481 e. The molecule has 0 spiro atoms. The zero-order valence-electron chi connectivity index (χ0n) is 7.93. The molecular weight excluding hydrogens is 232 g/mol. The number of halogens is 2. The first-order chi connectivity index (χ1) is 6.78. The highest BCUT2D eigenvalue weighted by Crippen LogP contribution is 2.29. The number of nitrogens with zero attached hydrogens (tertiary/aromatic N) is 1. The number of rotatable bonds is 3. The third-order valence-electron chi connectivity index (χ3n) is 2.57. The normalized spacial score (nSPS) is 28.5. The number of sulfonamides is 1. The molecule has 2 atom stereocenters. The first-order valence-electron chi connectivity index (χ1n) is 4.30. The smallest absolute Gasteiger partial charge is 0.350 e. The van der Waals surface area contributed by atoms with E-state index in [0.29, 0.717) is 4.31 Å². The first-order valence-corrected chi connectivity index (χ1v) is 5.80. The summed E-state index contributed by atoms with van der Waals surface area (Å²) in [5.74, 6) is -5.56. The number of carbonyl (C=O) groups is 1. The number of hydrogen-bond acceptors (Lipinski definition) is 3. The molecule has 1 fully saturated rings. The molecule has 15 heavy (non-hydrogen) atoms. The third kappa shape index (κ3) is 2.10. The second-order valence-corrected chi connectivity index (χ2v) is 5.25. The van der Waals surface area contributed by atoms with E-state index in [1.165, 1.54) is 6.92 Å². The molecule has 0 aliphatic carbocycles. The summed E-state index contributed by atoms with van der Waals surface area (Å²) in [7, 11) is -4.66. The fourth-order valence-corrected chi connectivity index (χ4v) is 2.88. The number of carboxylic acid groups (broad SMARTS) is 1. The molecule has 0 radical (unpaired) electrons. The molecule has 1 N–H and O–H groups in total. The molecule has 1 aliphatic rings. The monoisotopic (exact) mass is 243 g/mol. The first kappa shape index (κ1) is 12.3. The van der Waals surface area contributed by atoms with Gasteiger partial charge in [-0.05, 0) is 13.3 Å². The molecule has 0 bridgehead atoms. The maximum absolute atomic E-state index is 12.2. The molecular formula is C7H11F2NO4S. The predicted molar refractivity (Wildman–Crippen MR) is 46.8 cm³/mol. The maximum atomic E-state index is 12.2. The van der Waals surface area contributed by atoms with Crippen molar-refractivity contribution in [3.05, 3.63) is 0 Å². The van der Waals surface area contributed by atoms with Gasteiger partial charge < -0.3 is 5.11 Å². The Bertz CT molecular complexity index is 356. The molecule has 1 saturated heterocycles. The fraction of sp³-hybridized carbons (Fsp3) is 0.857. The summed E-state index contributed by atoms with van der Waals surface area (Å²) < 4.78 is 47.1. The van der Waals surface area contributed by atoms with Gasteiger partial charge in [-0.2, -0.15) is 13.1 Å². The Labute approximate surface area is 85.7 Å². The Morgan fingerprint density at radius 1 is 1.53 bits per heavy atom. The zero-order chi connectivity index (χ0) is 11.8. The Hall–Kier alpha value is -0.760. The van der Waals surface area contributed by atoms with E-state index >= 15 is 0 Å². The van der Waals surface area contributed by atoms with E-state index in [4.69, 9.17) is 5.11 Å². The van der Waals surface area contributed by atoms with Crippen molar-refractivity contribution >= 4 is 16.0 Å². The number of hydrogen-bond donors (Lipinski definition) is 1. The van der Waals surface area contributed by atoms with Gasteiger partial charge in [0.05, 0.1) is 5.92 Å². The Kier molecular flexibility index (Phi) is 3.29. The van der Waals surface area contributed by atoms with Crippen LogP contribution in [0.15, 0.2) is 0 Å². The van der Waals surface area contributed by atoms with Crippen LogP contribution in [0.1, 0.15) is 13.3 Å². The maximum Gasteiger partial charge on any atom is 0.350 e. The summed E-state index contributed by atoms with van der Waals surface area (Å²) in [6.07, 6.45) is 0.0719. The van der Waals surface area contributed by atoms with Crippen molar-refractivity contribution < 1.29 is 27.1 Å². The van der Waals surface area contributed by atoms with Gasteiger partial charge in [-0.1, -0.05) is 0 Å². The lowest BCUT2D eigenvalue weighted by atomic mass is 10.0. The van der Waals surface area contributed by atoms with E-state index in [-0.39, 0.29) is 13.0 Å². The minimum atomic E-state index is -4.66. The summed E-state index contributed by atoms with van der Waals surface area (Å²) in [5.41, 5.74) is 0. The van der Waals surface area contributed by atoms with Crippen LogP contribution in [0.5, 0.6) is 0 Å². The van der Waals surface area contributed by atoms with Gasteiger partial charge in [0, 0.05) is 12.6 Å². The number of carboxylic acids is 1. The predicted octanol–water partition coefficient (Wildman–Crippen LogP) is 0.334. The Morgan fingerprint density at radius 2 is 2.07 bits per heavy atom. The molecule has 0 aromatic rings. The third-order valence-corrected chi connectivity index (χ3v) is 4.19. The Balaban J connectivity index is 2.90. The average molecular weight is 243 g/mol. The molecule has 2 unspecified atom stereocenters. The molecule has 0 amide bonds. The van der Waals surface area contributed by atoms with Crippen LogP contribution in [0.25, 0.3) is 0 Å². The van der Waals surface area contributed by atoms with Gasteiger partial charge in [-0.15, -0.1) is 0 Å². The molecule has 88 valence electrons. The van der Waals surface area contributed by atoms with Crippen LogP contribution in [0, 0.1) is 5.92 Å². The summed E-state index contributed by atoms with van der Waals surface area (Å²) in [6, 6.07) is -0.915. The molecule has 8 heteroatoms. The van der Waals surface area contributed by atoms with Crippen molar-refractivity contribution in [2.45, 2.75) is 25.1 Å². The summed E-state index contributed by atoms with van der Waals surface area (Å²) in [6.45, 7) is 1.16. The quantitative estimate of drug-likeness (QED) is 0.775. The lowest BCUT2D eigenvalue weighted by molar-refractivity contribution is -0.142. The summed E-state index contributed by atoms with van der Waals surface area (Å²) >= 11 is 0. The summed E-state index contributed by atoms with van der Waals surface area (Å²) in [5, 5.41) is 8.70. The van der Waals surface area contributed by atoms with Gasteiger partial charge in [0.2, 0.25) is 0 Å². The van der Waals surface area contributed by atoms with Crippen molar-refractivity contribution in [1.29, 1.82) is 0 Å². The van der Waals surface area contributed by atoms with E-state index in [0.717, 1.165) is 0 Å². The highest BCUT2D eigenvalue weighted by atomic mass is 32.2. The van der Waals surface area contributed by atoms with E-state index in [1.54, 1.807) is 0 Å². The second kappa shape index (κ2) is 4.01. The van der Waals surface area contributed by atoms with Crippen molar-refractivity contribution in [3.8, 4) is 0 Å². The second-order valence-electron chi connectivity index (χ2n) is 3.39. The molecule has 1 rings (SSSR count). The molecule has 0 saturated carbocycles. The van der Waals surface area contributed by atoms with E-state index in [2.05, 4.69) is 0 Å². The van der Waals surface area contributed by atoms with Crippen molar-refractivity contribution in [2.75, 3.05) is 6.54 Å². The van der Waals surface area contributed by atoms with Crippen LogP contribution in [0.3, 0.4) is 0 Å². The number of aliphatic carboxylic acids is 1. The van der Waals surface area contributed by atoms with Crippen LogP contribution in [-0.4, -0.2) is 42.1 Å². The minimum absolute atomic E-state index is 0.0719. The fourth-order valence-electron chi connectivity index (χ4n) is 1.70. The van der Waals surface area contributed by atoms with Crippen LogP contribution in [0.2, 0.25) is 0 Å². The number of alkyl halides is 2. The van der Waals surface area contributed by atoms with Gasteiger partial charge >= 0.3 is 11.7 Å². The van der Waals surface area contributed by atoms with Crippen molar-refractivity contribution in [2.24, 2.45) is 5.92 Å². The Morgan fingerprint density at radius 3 is 2.40 bits per heavy atom. The standard InChI is InChI=1S/C7H11F2NO4S/c1-4-5(6(11)12)2-3-10(4)15(13,14)7(8)9/h4-5,7H,2-3H2,1H3,(H,11,12). The molecule has 1 aliphatic heterocycles. The van der Waals surface area contributed by atoms with Gasteiger partial charge in [-0.3, -0.25) is 4.79 Å². The van der Waals surface area contributed by atoms with Crippen LogP contribution in [-0.2, 0) is 14.8 Å². The van der Waals surface area contributed by atoms with Gasteiger partial charge in [-0.25, -0.2) is 8.42 Å². The van der Waals surface area contributed by atoms with Crippen molar-refractivity contribution in [3.63, 3.8) is 0 Å². The lowest BCUT2D eigenvalue weighted by Crippen LogP contribution is -2.40. The van der Waals surface area contributed by atoms with E-state index in [1.807, 2.05) is 0 Å². The van der Waals surface area contributed by atoms with E-state index in [9.17, 15) is 22.0 Å².